The maximum atomic E-state index is 13.1. The SMILES string of the molecule is N#Cc1ccc(-c2ccc(Cl)cc2)nc1SC1CC(=O)N(c2ccc3cc[nH]c3c2)C1=O. The average Bonchev–Trinajstić information content (AvgIpc) is 3.37. The van der Waals surface area contributed by atoms with E-state index >= 15 is 0 Å². The number of H-pyrrole nitrogens is 1. The van der Waals surface area contributed by atoms with E-state index in [4.69, 9.17) is 11.6 Å². The van der Waals surface area contributed by atoms with E-state index in [1.54, 1.807) is 36.4 Å². The van der Waals surface area contributed by atoms with Crippen molar-refractivity contribution in [2.75, 3.05) is 4.90 Å². The van der Waals surface area contributed by atoms with E-state index in [-0.39, 0.29) is 18.2 Å². The lowest BCUT2D eigenvalue weighted by Gasteiger charge is -2.15. The van der Waals surface area contributed by atoms with Crippen molar-refractivity contribution in [3.63, 3.8) is 0 Å². The number of carbonyl (C=O) groups is 2. The summed E-state index contributed by atoms with van der Waals surface area (Å²) in [6, 6.07) is 20.1. The number of anilines is 1. The number of pyridine rings is 1. The first-order valence-corrected chi connectivity index (χ1v) is 11.1. The van der Waals surface area contributed by atoms with Crippen LogP contribution in [0.2, 0.25) is 5.02 Å². The quantitative estimate of drug-likeness (QED) is 0.425. The van der Waals surface area contributed by atoms with Gasteiger partial charge in [0.05, 0.1) is 22.2 Å². The van der Waals surface area contributed by atoms with Gasteiger partial charge in [-0.25, -0.2) is 9.88 Å². The van der Waals surface area contributed by atoms with Gasteiger partial charge in [-0.3, -0.25) is 9.59 Å². The fourth-order valence-corrected chi connectivity index (χ4v) is 4.89. The Kier molecular flexibility index (Phi) is 5.17. The molecule has 0 bridgehead atoms. The molecule has 2 aromatic heterocycles. The van der Waals surface area contributed by atoms with Gasteiger partial charge in [0.2, 0.25) is 11.8 Å². The highest BCUT2D eigenvalue weighted by Crippen LogP contribution is 2.36. The Hall–Kier alpha value is -3.60. The predicted molar refractivity (Wildman–Crippen MR) is 124 cm³/mol. The molecule has 0 radical (unpaired) electrons. The number of carbonyl (C=O) groups excluding carboxylic acids is 2. The molecule has 3 heterocycles. The summed E-state index contributed by atoms with van der Waals surface area (Å²) < 4.78 is 0. The average molecular weight is 459 g/mol. The molecule has 0 spiro atoms. The van der Waals surface area contributed by atoms with E-state index in [0.717, 1.165) is 28.2 Å². The summed E-state index contributed by atoms with van der Waals surface area (Å²) in [5.74, 6) is -0.584. The van der Waals surface area contributed by atoms with Gasteiger partial charge in [-0.15, -0.1) is 0 Å². The molecule has 8 heteroatoms. The Morgan fingerprint density at radius 1 is 1.09 bits per heavy atom. The Morgan fingerprint density at radius 2 is 1.91 bits per heavy atom. The number of rotatable bonds is 4. The number of imide groups is 1. The van der Waals surface area contributed by atoms with Crippen molar-refractivity contribution < 1.29 is 9.59 Å². The topological polar surface area (TPSA) is 89.8 Å². The molecule has 1 atom stereocenters. The van der Waals surface area contributed by atoms with Gasteiger partial charge in [-0.1, -0.05) is 41.6 Å². The number of halogens is 1. The Labute approximate surface area is 192 Å². The van der Waals surface area contributed by atoms with Gasteiger partial charge in [-0.05, 0) is 47.9 Å². The van der Waals surface area contributed by atoms with Gasteiger partial charge < -0.3 is 4.98 Å². The lowest BCUT2D eigenvalue weighted by atomic mass is 10.1. The summed E-state index contributed by atoms with van der Waals surface area (Å²) in [6.45, 7) is 0. The third-order valence-electron chi connectivity index (χ3n) is 5.28. The highest BCUT2D eigenvalue weighted by Gasteiger charge is 2.40. The second kappa shape index (κ2) is 8.15. The van der Waals surface area contributed by atoms with E-state index in [9.17, 15) is 14.9 Å². The number of thioether (sulfide) groups is 1. The Balaban J connectivity index is 1.44. The van der Waals surface area contributed by atoms with E-state index < -0.39 is 5.25 Å². The van der Waals surface area contributed by atoms with Crippen molar-refractivity contribution >= 4 is 51.8 Å². The van der Waals surface area contributed by atoms with Crippen molar-refractivity contribution in [1.82, 2.24) is 9.97 Å². The van der Waals surface area contributed by atoms with Crippen LogP contribution in [-0.4, -0.2) is 27.0 Å². The molecule has 156 valence electrons. The standard InChI is InChI=1S/C24H15ClN4O2S/c25-17-5-1-14(2-6-17)19-8-4-16(13-26)23(28-19)32-21-12-22(30)29(24(21)31)18-7-3-15-9-10-27-20(15)11-18/h1-11,21,27H,12H2. The zero-order valence-electron chi connectivity index (χ0n) is 16.6. The summed E-state index contributed by atoms with van der Waals surface area (Å²) >= 11 is 7.12. The summed E-state index contributed by atoms with van der Waals surface area (Å²) in [5.41, 5.74) is 3.24. The number of fused-ring (bicyclic) bond motifs is 1. The van der Waals surface area contributed by atoms with Crippen LogP contribution in [0.25, 0.3) is 22.2 Å². The number of amides is 2. The lowest BCUT2D eigenvalue weighted by molar-refractivity contribution is -0.121. The Bertz CT molecular complexity index is 1410. The van der Waals surface area contributed by atoms with E-state index in [2.05, 4.69) is 16.0 Å². The van der Waals surface area contributed by atoms with Crippen molar-refractivity contribution in [2.24, 2.45) is 0 Å². The second-order valence-electron chi connectivity index (χ2n) is 7.30. The van der Waals surface area contributed by atoms with Gasteiger partial charge in [0.25, 0.3) is 0 Å². The third-order valence-corrected chi connectivity index (χ3v) is 6.72. The van der Waals surface area contributed by atoms with Crippen LogP contribution in [0.15, 0.2) is 71.9 Å². The zero-order valence-corrected chi connectivity index (χ0v) is 18.2. The summed E-state index contributed by atoms with van der Waals surface area (Å²) in [7, 11) is 0. The van der Waals surface area contributed by atoms with E-state index in [0.29, 0.717) is 27.0 Å². The molecule has 1 aliphatic heterocycles. The molecule has 2 amide bonds. The minimum atomic E-state index is -0.651. The molecule has 4 aromatic rings. The molecule has 5 rings (SSSR count). The molecule has 1 saturated heterocycles. The summed E-state index contributed by atoms with van der Waals surface area (Å²) in [4.78, 5) is 34.8. The van der Waals surface area contributed by atoms with Crippen LogP contribution in [0.3, 0.4) is 0 Å². The number of benzene rings is 2. The molecule has 32 heavy (non-hydrogen) atoms. The smallest absolute Gasteiger partial charge is 0.247 e. The lowest BCUT2D eigenvalue weighted by Crippen LogP contribution is -2.31. The minimum absolute atomic E-state index is 0.0456. The number of hydrogen-bond acceptors (Lipinski definition) is 5. The molecule has 1 fully saturated rings. The van der Waals surface area contributed by atoms with E-state index in [1.165, 1.54) is 4.90 Å². The van der Waals surface area contributed by atoms with Gasteiger partial charge in [0.15, 0.2) is 0 Å². The number of nitriles is 1. The monoisotopic (exact) mass is 458 g/mol. The first-order valence-electron chi connectivity index (χ1n) is 9.81. The summed E-state index contributed by atoms with van der Waals surface area (Å²) in [5, 5.41) is 10.9. The molecule has 2 aromatic carbocycles. The van der Waals surface area contributed by atoms with E-state index in [1.807, 2.05) is 30.5 Å². The van der Waals surface area contributed by atoms with Crippen LogP contribution in [0.4, 0.5) is 5.69 Å². The molecule has 1 N–H and O–H groups in total. The van der Waals surface area contributed by atoms with Gasteiger partial charge in [-0.2, -0.15) is 5.26 Å². The molecule has 0 aliphatic carbocycles. The Morgan fingerprint density at radius 3 is 2.69 bits per heavy atom. The van der Waals surface area contributed by atoms with Crippen molar-refractivity contribution in [2.45, 2.75) is 16.7 Å². The third kappa shape index (κ3) is 3.64. The van der Waals surface area contributed by atoms with Crippen LogP contribution in [-0.2, 0) is 9.59 Å². The normalized spacial score (nSPS) is 16.0. The maximum Gasteiger partial charge on any atom is 0.247 e. The molecule has 1 unspecified atom stereocenters. The molecular weight excluding hydrogens is 444 g/mol. The first-order chi connectivity index (χ1) is 15.5. The number of nitrogens with one attached hydrogen (secondary N) is 1. The number of hydrogen-bond donors (Lipinski definition) is 1. The predicted octanol–water partition coefficient (Wildman–Crippen LogP) is 5.18. The largest absolute Gasteiger partial charge is 0.361 e. The van der Waals surface area contributed by atoms with Crippen molar-refractivity contribution in [3.05, 3.63) is 77.4 Å². The molecule has 1 aliphatic rings. The maximum absolute atomic E-state index is 13.1. The number of aromatic nitrogens is 2. The molecule has 0 saturated carbocycles. The van der Waals surface area contributed by atoms with Crippen molar-refractivity contribution in [1.29, 1.82) is 5.26 Å². The van der Waals surface area contributed by atoms with Gasteiger partial charge in [0, 0.05) is 28.7 Å². The number of aromatic amines is 1. The zero-order chi connectivity index (χ0) is 22.2. The minimum Gasteiger partial charge on any atom is -0.361 e. The van der Waals surface area contributed by atoms with Crippen LogP contribution in [0.1, 0.15) is 12.0 Å². The first kappa shape index (κ1) is 20.3. The van der Waals surface area contributed by atoms with Gasteiger partial charge >= 0.3 is 0 Å². The molecular formula is C24H15ClN4O2S. The van der Waals surface area contributed by atoms with Crippen LogP contribution in [0.5, 0.6) is 0 Å². The fourth-order valence-electron chi connectivity index (χ4n) is 3.67. The number of nitrogens with zero attached hydrogens (tertiary/aromatic N) is 3. The second-order valence-corrected chi connectivity index (χ2v) is 8.92. The van der Waals surface area contributed by atoms with Crippen LogP contribution in [0, 0.1) is 11.3 Å². The van der Waals surface area contributed by atoms with Crippen molar-refractivity contribution in [3.8, 4) is 17.3 Å². The highest BCUT2D eigenvalue weighted by atomic mass is 35.5. The van der Waals surface area contributed by atoms with Crippen LogP contribution < -0.4 is 4.90 Å². The summed E-state index contributed by atoms with van der Waals surface area (Å²) in [6.07, 6.45) is 1.85. The van der Waals surface area contributed by atoms with Gasteiger partial charge in [0.1, 0.15) is 11.1 Å². The molecule has 6 nitrogen and oxygen atoms in total. The highest BCUT2D eigenvalue weighted by molar-refractivity contribution is 8.00. The fraction of sp³-hybridized carbons (Fsp3) is 0.0833. The van der Waals surface area contributed by atoms with Crippen LogP contribution >= 0.6 is 23.4 Å².